The van der Waals surface area contributed by atoms with Gasteiger partial charge < -0.3 is 19.9 Å². The van der Waals surface area contributed by atoms with Crippen molar-refractivity contribution < 1.29 is 14.3 Å². The zero-order chi connectivity index (χ0) is 16.8. The van der Waals surface area contributed by atoms with Crippen molar-refractivity contribution in [2.75, 3.05) is 33.3 Å². The number of methoxy groups -OCH3 is 1. The van der Waals surface area contributed by atoms with Gasteiger partial charge >= 0.3 is 6.03 Å². The van der Waals surface area contributed by atoms with Crippen LogP contribution in [0.25, 0.3) is 0 Å². The Morgan fingerprint density at radius 2 is 1.65 bits per heavy atom. The molecule has 1 aliphatic rings. The maximum absolute atomic E-state index is 12.6. The lowest BCUT2D eigenvalue weighted by Crippen LogP contribution is -2.44. The van der Waals surface area contributed by atoms with Gasteiger partial charge in [-0.05, 0) is 44.5 Å². The van der Waals surface area contributed by atoms with Crippen molar-refractivity contribution in [3.8, 4) is 5.75 Å². The standard InChI is InChI=1S/C17H25N3O3/c1-13(2)18-17(22)20-10-4-9-19(11-12-20)16(21)14-5-7-15(23-3)8-6-14/h5-8,13H,4,9-12H2,1-3H3,(H,18,22). The van der Waals surface area contributed by atoms with Crippen LogP contribution < -0.4 is 10.1 Å². The van der Waals surface area contributed by atoms with E-state index in [0.29, 0.717) is 31.7 Å². The summed E-state index contributed by atoms with van der Waals surface area (Å²) in [6.45, 7) is 6.32. The minimum atomic E-state index is -0.0567. The van der Waals surface area contributed by atoms with Crippen molar-refractivity contribution in [2.45, 2.75) is 26.3 Å². The molecule has 23 heavy (non-hydrogen) atoms. The first kappa shape index (κ1) is 17.1. The number of rotatable bonds is 3. The summed E-state index contributed by atoms with van der Waals surface area (Å²) in [7, 11) is 1.60. The van der Waals surface area contributed by atoms with Gasteiger partial charge in [-0.3, -0.25) is 4.79 Å². The van der Waals surface area contributed by atoms with Gasteiger partial charge in [-0.1, -0.05) is 0 Å². The first-order valence-electron chi connectivity index (χ1n) is 8.00. The third kappa shape index (κ3) is 4.61. The minimum absolute atomic E-state index is 0.00114. The van der Waals surface area contributed by atoms with Gasteiger partial charge in [0.05, 0.1) is 7.11 Å². The quantitative estimate of drug-likeness (QED) is 0.926. The molecule has 0 bridgehead atoms. The van der Waals surface area contributed by atoms with Crippen LogP contribution in [0.15, 0.2) is 24.3 Å². The zero-order valence-corrected chi connectivity index (χ0v) is 14.0. The normalized spacial score (nSPS) is 15.3. The van der Waals surface area contributed by atoms with E-state index in [2.05, 4.69) is 5.32 Å². The average molecular weight is 319 g/mol. The summed E-state index contributed by atoms with van der Waals surface area (Å²) in [6.07, 6.45) is 0.785. The molecule has 3 amide bonds. The van der Waals surface area contributed by atoms with E-state index in [9.17, 15) is 9.59 Å². The molecule has 1 fully saturated rings. The summed E-state index contributed by atoms with van der Waals surface area (Å²) in [6, 6.07) is 7.17. The van der Waals surface area contributed by atoms with Crippen LogP contribution in [0.5, 0.6) is 5.75 Å². The first-order chi connectivity index (χ1) is 11.0. The topological polar surface area (TPSA) is 61.9 Å². The Labute approximate surface area is 137 Å². The molecule has 0 unspecified atom stereocenters. The Balaban J connectivity index is 1.96. The molecule has 0 aliphatic carbocycles. The summed E-state index contributed by atoms with van der Waals surface area (Å²) >= 11 is 0. The largest absolute Gasteiger partial charge is 0.497 e. The highest BCUT2D eigenvalue weighted by Crippen LogP contribution is 2.14. The molecular formula is C17H25N3O3. The number of urea groups is 1. The van der Waals surface area contributed by atoms with E-state index in [1.807, 2.05) is 18.7 Å². The second-order valence-corrected chi connectivity index (χ2v) is 5.97. The fourth-order valence-corrected chi connectivity index (χ4v) is 2.58. The SMILES string of the molecule is COc1ccc(C(=O)N2CCCN(C(=O)NC(C)C)CC2)cc1. The highest BCUT2D eigenvalue weighted by atomic mass is 16.5. The maximum atomic E-state index is 12.6. The van der Waals surface area contributed by atoms with E-state index in [1.165, 1.54) is 0 Å². The Hall–Kier alpha value is -2.24. The first-order valence-corrected chi connectivity index (χ1v) is 8.00. The summed E-state index contributed by atoms with van der Waals surface area (Å²) in [5.41, 5.74) is 0.644. The number of carbonyl (C=O) groups excluding carboxylic acids is 2. The Morgan fingerprint density at radius 3 is 2.26 bits per heavy atom. The van der Waals surface area contributed by atoms with Crippen molar-refractivity contribution >= 4 is 11.9 Å². The predicted molar refractivity (Wildman–Crippen MR) is 88.8 cm³/mol. The molecule has 1 aliphatic heterocycles. The number of hydrogen-bond donors (Lipinski definition) is 1. The van der Waals surface area contributed by atoms with Crippen molar-refractivity contribution in [1.29, 1.82) is 0 Å². The molecular weight excluding hydrogens is 294 g/mol. The number of ether oxygens (including phenoxy) is 1. The zero-order valence-electron chi connectivity index (χ0n) is 14.0. The molecule has 0 saturated carbocycles. The van der Waals surface area contributed by atoms with E-state index in [-0.39, 0.29) is 18.0 Å². The molecule has 0 radical (unpaired) electrons. The molecule has 0 atom stereocenters. The lowest BCUT2D eigenvalue weighted by Gasteiger charge is -2.23. The molecule has 0 spiro atoms. The summed E-state index contributed by atoms with van der Waals surface area (Å²) in [5.74, 6) is 0.729. The number of benzene rings is 1. The number of hydrogen-bond acceptors (Lipinski definition) is 3. The highest BCUT2D eigenvalue weighted by molar-refractivity contribution is 5.94. The molecule has 1 aromatic carbocycles. The van der Waals surface area contributed by atoms with Crippen molar-refractivity contribution in [3.05, 3.63) is 29.8 Å². The van der Waals surface area contributed by atoms with Crippen molar-refractivity contribution in [1.82, 2.24) is 15.1 Å². The third-order valence-corrected chi connectivity index (χ3v) is 3.82. The molecule has 6 heteroatoms. The lowest BCUT2D eigenvalue weighted by atomic mass is 10.2. The molecule has 0 aromatic heterocycles. The lowest BCUT2D eigenvalue weighted by molar-refractivity contribution is 0.0762. The van der Waals surface area contributed by atoms with Crippen LogP contribution in [0, 0.1) is 0 Å². The van der Waals surface area contributed by atoms with Crippen LogP contribution in [0.2, 0.25) is 0 Å². The van der Waals surface area contributed by atoms with E-state index in [4.69, 9.17) is 4.74 Å². The number of nitrogens with zero attached hydrogens (tertiary/aromatic N) is 2. The summed E-state index contributed by atoms with van der Waals surface area (Å²) in [4.78, 5) is 28.2. The summed E-state index contributed by atoms with van der Waals surface area (Å²) in [5, 5.41) is 2.90. The fourth-order valence-electron chi connectivity index (χ4n) is 2.58. The van der Waals surface area contributed by atoms with Crippen molar-refractivity contribution in [3.63, 3.8) is 0 Å². The van der Waals surface area contributed by atoms with E-state index in [1.54, 1.807) is 36.3 Å². The van der Waals surface area contributed by atoms with Crippen LogP contribution in [-0.2, 0) is 0 Å². The van der Waals surface area contributed by atoms with Gasteiger partial charge in [0.1, 0.15) is 5.75 Å². The Kier molecular flexibility index (Phi) is 5.84. The van der Waals surface area contributed by atoms with Crippen LogP contribution >= 0.6 is 0 Å². The van der Waals surface area contributed by atoms with Gasteiger partial charge in [-0.2, -0.15) is 0 Å². The molecule has 6 nitrogen and oxygen atoms in total. The smallest absolute Gasteiger partial charge is 0.317 e. The molecule has 1 saturated heterocycles. The van der Waals surface area contributed by atoms with E-state index >= 15 is 0 Å². The van der Waals surface area contributed by atoms with Gasteiger partial charge in [0.25, 0.3) is 5.91 Å². The predicted octanol–water partition coefficient (Wildman–Crippen LogP) is 1.96. The number of amides is 3. The Bertz CT molecular complexity index is 543. The van der Waals surface area contributed by atoms with Gasteiger partial charge in [0, 0.05) is 37.8 Å². The molecule has 1 N–H and O–H groups in total. The number of carbonyl (C=O) groups is 2. The monoisotopic (exact) mass is 319 g/mol. The third-order valence-electron chi connectivity index (χ3n) is 3.82. The molecule has 126 valence electrons. The van der Waals surface area contributed by atoms with Crippen LogP contribution in [0.3, 0.4) is 0 Å². The van der Waals surface area contributed by atoms with Gasteiger partial charge in [0.2, 0.25) is 0 Å². The van der Waals surface area contributed by atoms with Crippen molar-refractivity contribution in [2.24, 2.45) is 0 Å². The van der Waals surface area contributed by atoms with Gasteiger partial charge in [-0.25, -0.2) is 4.79 Å². The van der Waals surface area contributed by atoms with Crippen LogP contribution in [0.4, 0.5) is 4.79 Å². The van der Waals surface area contributed by atoms with E-state index in [0.717, 1.165) is 12.2 Å². The highest BCUT2D eigenvalue weighted by Gasteiger charge is 2.23. The van der Waals surface area contributed by atoms with Crippen LogP contribution in [-0.4, -0.2) is 61.1 Å². The molecule has 2 rings (SSSR count). The Morgan fingerprint density at radius 1 is 1.04 bits per heavy atom. The van der Waals surface area contributed by atoms with E-state index < -0.39 is 0 Å². The maximum Gasteiger partial charge on any atom is 0.317 e. The number of nitrogens with one attached hydrogen (secondary N) is 1. The van der Waals surface area contributed by atoms with Gasteiger partial charge in [-0.15, -0.1) is 0 Å². The second-order valence-electron chi connectivity index (χ2n) is 5.97. The fraction of sp³-hybridized carbons (Fsp3) is 0.529. The summed E-state index contributed by atoms with van der Waals surface area (Å²) < 4.78 is 5.11. The minimum Gasteiger partial charge on any atom is -0.497 e. The van der Waals surface area contributed by atoms with Crippen LogP contribution in [0.1, 0.15) is 30.6 Å². The average Bonchev–Trinajstić information content (AvgIpc) is 2.80. The molecule has 1 aromatic rings. The second kappa shape index (κ2) is 7.85. The van der Waals surface area contributed by atoms with Gasteiger partial charge in [0.15, 0.2) is 0 Å². The molecule has 1 heterocycles.